The quantitative estimate of drug-likeness (QED) is 0.518. The van der Waals surface area contributed by atoms with E-state index in [2.05, 4.69) is 86.1 Å². The van der Waals surface area contributed by atoms with Gasteiger partial charge in [0.1, 0.15) is 5.75 Å². The van der Waals surface area contributed by atoms with E-state index in [1.165, 1.54) is 35.4 Å². The molecule has 0 saturated heterocycles. The van der Waals surface area contributed by atoms with Crippen LogP contribution in [0, 0.1) is 0 Å². The Kier molecular flexibility index (Phi) is 9.57. The molecule has 0 fully saturated rings. The van der Waals surface area contributed by atoms with Crippen molar-refractivity contribution in [1.29, 1.82) is 0 Å². The first kappa shape index (κ1) is 23.9. The van der Waals surface area contributed by atoms with E-state index in [1.54, 1.807) is 0 Å². The van der Waals surface area contributed by atoms with Crippen molar-refractivity contribution in [2.45, 2.75) is 52.5 Å². The molecule has 26 heavy (non-hydrogen) atoms. The van der Waals surface area contributed by atoms with Crippen LogP contribution in [0.4, 0.5) is 0 Å². The summed E-state index contributed by atoms with van der Waals surface area (Å²) in [6, 6.07) is 14.6. The molecule has 2 aromatic carbocycles. The Balaban J connectivity index is 0.00000163. The summed E-state index contributed by atoms with van der Waals surface area (Å²) in [6.45, 7) is 14.1. The number of hydrogen-bond donors (Lipinski definition) is 1. The molecule has 0 aliphatic rings. The van der Waals surface area contributed by atoms with Crippen LogP contribution in [-0.4, -0.2) is 18.7 Å². The fourth-order valence-electron chi connectivity index (χ4n) is 2.35. The summed E-state index contributed by atoms with van der Waals surface area (Å²) in [5.41, 5.74) is 1.22. The zero-order valence-corrected chi connectivity index (χ0v) is 20.8. The van der Waals surface area contributed by atoms with Crippen molar-refractivity contribution < 1.29 is 24.5 Å². The van der Waals surface area contributed by atoms with Crippen LogP contribution in [0.25, 0.3) is 5.32 Å². The van der Waals surface area contributed by atoms with Crippen molar-refractivity contribution in [3.63, 3.8) is 0 Å². The van der Waals surface area contributed by atoms with Crippen molar-refractivity contribution >= 4 is 41.8 Å². The van der Waals surface area contributed by atoms with Gasteiger partial charge in [-0.1, -0.05) is 96.1 Å². The molecule has 0 spiro atoms. The van der Waals surface area contributed by atoms with Gasteiger partial charge >= 0.3 is 28.7 Å². The number of nitrogens with zero attached hydrogens (tertiary/aromatic N) is 1. The monoisotopic (exact) mass is 441 g/mol. The molecule has 6 heteroatoms. The van der Waals surface area contributed by atoms with Gasteiger partial charge < -0.3 is 10.4 Å². The number of halogens is 1. The minimum absolute atomic E-state index is 0.0316. The topological polar surface area (TPSA) is 34.3 Å². The molecule has 1 unspecified atom stereocenters. The predicted octanol–water partition coefficient (Wildman–Crippen LogP) is 4.93. The standard InChI is InChI=1S/C20H29NOPSi.ClH.Ti/c1-20(2,3)21-14-15-9-7-8-10-18(15)23-19-13-16(24(4,5)6)11-12-17(19)22;;/h7-13,22-23H,14H2,1-6H3;1H;/q-1;;+2/p-1. The molecule has 2 rings (SSSR count). The molecule has 0 heterocycles. The Labute approximate surface area is 177 Å². The van der Waals surface area contributed by atoms with Crippen LogP contribution in [-0.2, 0) is 25.9 Å². The maximum atomic E-state index is 10.3. The van der Waals surface area contributed by atoms with Gasteiger partial charge in [0.2, 0.25) is 0 Å². The van der Waals surface area contributed by atoms with Crippen molar-refractivity contribution in [3.05, 3.63) is 53.3 Å². The van der Waals surface area contributed by atoms with Crippen molar-refractivity contribution in [3.8, 4) is 5.75 Å². The Bertz CT molecular complexity index is 714. The Morgan fingerprint density at radius 2 is 1.65 bits per heavy atom. The van der Waals surface area contributed by atoms with Gasteiger partial charge in [-0.25, -0.2) is 0 Å². The van der Waals surface area contributed by atoms with Crippen LogP contribution in [0.2, 0.25) is 19.6 Å². The molecule has 1 N–H and O–H groups in total. The molecule has 1 atom stereocenters. The maximum absolute atomic E-state index is 10.3. The third-order valence-corrected chi connectivity index (χ3v) is 7.34. The number of hydrogen-bond acceptors (Lipinski definition) is 1. The van der Waals surface area contributed by atoms with Gasteiger partial charge in [-0.2, -0.15) is 0 Å². The van der Waals surface area contributed by atoms with Gasteiger partial charge in [0.05, 0.1) is 8.07 Å². The van der Waals surface area contributed by atoms with Crippen molar-refractivity contribution in [2.24, 2.45) is 0 Å². The van der Waals surface area contributed by atoms with E-state index < -0.39 is 8.07 Å². The van der Waals surface area contributed by atoms with Gasteiger partial charge in [0.15, 0.2) is 0 Å². The number of rotatable bonds is 5. The molecule has 140 valence electrons. The average Bonchev–Trinajstić information content (AvgIpc) is 2.56. The Morgan fingerprint density at radius 3 is 2.23 bits per heavy atom. The van der Waals surface area contributed by atoms with Crippen LogP contribution >= 0.6 is 17.9 Å². The fraction of sp³-hybridized carbons (Fsp3) is 0.400. The molecule has 2 nitrogen and oxygen atoms in total. The van der Waals surface area contributed by atoms with Crippen LogP contribution in [0.5, 0.6) is 5.75 Å². The molecule has 0 aliphatic heterocycles. The summed E-state index contributed by atoms with van der Waals surface area (Å²) in [5.74, 6) is 0.401. The van der Waals surface area contributed by atoms with E-state index in [4.69, 9.17) is 5.32 Å². The third-order valence-electron chi connectivity index (χ3n) is 3.87. The summed E-state index contributed by atoms with van der Waals surface area (Å²) in [6.07, 6.45) is 0. The average molecular weight is 442 g/mol. The summed E-state index contributed by atoms with van der Waals surface area (Å²) in [7, 11) is 3.71. The van der Waals surface area contributed by atoms with E-state index in [1.807, 2.05) is 6.07 Å². The third kappa shape index (κ3) is 7.84. The van der Waals surface area contributed by atoms with Crippen LogP contribution < -0.4 is 15.8 Å². The first-order valence-corrected chi connectivity index (χ1v) is 15.3. The van der Waals surface area contributed by atoms with Crippen molar-refractivity contribution in [2.75, 3.05) is 0 Å². The summed E-state index contributed by atoms with van der Waals surface area (Å²) in [4.78, 5) is 0. The zero-order chi connectivity index (χ0) is 20.0. The van der Waals surface area contributed by atoms with Crippen molar-refractivity contribution in [1.82, 2.24) is 0 Å². The van der Waals surface area contributed by atoms with E-state index >= 15 is 0 Å². The molecule has 0 saturated carbocycles. The number of phenols is 1. The Hall–Kier alpha value is -0.149. The normalized spacial score (nSPS) is 12.1. The number of aromatic hydroxyl groups is 1. The van der Waals surface area contributed by atoms with Crippen LogP contribution in [0.15, 0.2) is 42.5 Å². The van der Waals surface area contributed by atoms with E-state index in [9.17, 15) is 5.11 Å². The SMILES string of the molecule is CC(C)(C)[N-]Cc1ccccc1Pc1cc([Si](C)(C)C)ccc1O.[Cl][Ti+]. The molecule has 0 aromatic heterocycles. The van der Waals surface area contributed by atoms with Gasteiger partial charge in [-0.3, -0.25) is 0 Å². The van der Waals surface area contributed by atoms with Crippen LogP contribution in [0.1, 0.15) is 26.3 Å². The zero-order valence-electron chi connectivity index (χ0n) is 16.5. The van der Waals surface area contributed by atoms with Crippen LogP contribution in [0.3, 0.4) is 0 Å². The summed E-state index contributed by atoms with van der Waals surface area (Å²) < 4.78 is 0. The molecular weight excluding hydrogens is 413 g/mol. The van der Waals surface area contributed by atoms with Gasteiger partial charge in [0, 0.05) is 5.30 Å². The van der Waals surface area contributed by atoms with Gasteiger partial charge in [0.25, 0.3) is 0 Å². The number of benzene rings is 2. The molecule has 0 aliphatic carbocycles. The molecule has 0 amide bonds. The molecule has 0 radical (unpaired) electrons. The first-order valence-electron chi connectivity index (χ1n) is 8.62. The second kappa shape index (κ2) is 10.4. The van der Waals surface area contributed by atoms with E-state index in [0.29, 0.717) is 14.3 Å². The second-order valence-electron chi connectivity index (χ2n) is 8.25. The molecule has 2 aromatic rings. The summed E-state index contributed by atoms with van der Waals surface area (Å²) >= 11 is 1.47. The minimum atomic E-state index is -1.38. The second-order valence-corrected chi connectivity index (χ2v) is 14.7. The van der Waals surface area contributed by atoms with E-state index in [-0.39, 0.29) is 5.54 Å². The van der Waals surface area contributed by atoms with Gasteiger partial charge in [-0.15, -0.1) is 12.1 Å². The fourth-order valence-corrected chi connectivity index (χ4v) is 4.89. The summed E-state index contributed by atoms with van der Waals surface area (Å²) in [5, 5.41) is 18.8. The van der Waals surface area contributed by atoms with Gasteiger partial charge in [-0.05, 0) is 11.4 Å². The first-order chi connectivity index (χ1) is 12.1. The molecular formula is C20H29ClNOPSiTi. The predicted molar refractivity (Wildman–Crippen MR) is 118 cm³/mol. The Morgan fingerprint density at radius 1 is 1.04 bits per heavy atom. The van der Waals surface area contributed by atoms with E-state index in [0.717, 1.165) is 11.8 Å². The number of phenolic OH excluding ortho intramolecular Hbond substituents is 1. The molecule has 0 bridgehead atoms.